The molecule has 2 nitrogen and oxygen atoms in total. The summed E-state index contributed by atoms with van der Waals surface area (Å²) in [5.74, 6) is -0.554. The number of halogens is 1. The Bertz CT molecular complexity index is 418. The molecule has 0 bridgehead atoms. The Morgan fingerprint density at radius 3 is 2.40 bits per heavy atom. The van der Waals surface area contributed by atoms with E-state index in [0.717, 1.165) is 11.6 Å². The van der Waals surface area contributed by atoms with Crippen LogP contribution in [0.5, 0.6) is 5.75 Å². The van der Waals surface area contributed by atoms with Crippen molar-refractivity contribution in [2.75, 3.05) is 0 Å². The van der Waals surface area contributed by atoms with Crippen LogP contribution < -0.4 is 0 Å². The summed E-state index contributed by atoms with van der Waals surface area (Å²) in [7, 11) is 0. The Morgan fingerprint density at radius 2 is 1.80 bits per heavy atom. The van der Waals surface area contributed by atoms with E-state index in [1.54, 1.807) is 18.2 Å². The first-order chi connectivity index (χ1) is 7.16. The highest BCUT2D eigenvalue weighted by Gasteiger charge is 2.19. The first kappa shape index (κ1) is 9.77. The fourth-order valence-corrected chi connectivity index (χ4v) is 1.65. The Morgan fingerprint density at radius 1 is 1.13 bits per heavy atom. The van der Waals surface area contributed by atoms with Gasteiger partial charge in [0.05, 0.1) is 0 Å². The number of phenols is 1. The van der Waals surface area contributed by atoms with Gasteiger partial charge in [-0.2, -0.15) is 0 Å². The van der Waals surface area contributed by atoms with Gasteiger partial charge in [0.1, 0.15) is 17.3 Å². The van der Waals surface area contributed by atoms with Gasteiger partial charge < -0.3 is 10.2 Å². The van der Waals surface area contributed by atoms with E-state index < -0.39 is 0 Å². The minimum Gasteiger partial charge on any atom is -0.508 e. The minimum atomic E-state index is -0.347. The van der Waals surface area contributed by atoms with Gasteiger partial charge in [-0.05, 0) is 30.2 Å². The summed E-state index contributed by atoms with van der Waals surface area (Å²) in [4.78, 5) is 0. The molecule has 78 valence electrons. The van der Waals surface area contributed by atoms with Crippen LogP contribution in [0.2, 0.25) is 0 Å². The van der Waals surface area contributed by atoms with Crippen LogP contribution in [-0.4, -0.2) is 10.2 Å². The number of aliphatic hydroxyl groups excluding tert-OH is 1. The Balaban J connectivity index is 2.27. The van der Waals surface area contributed by atoms with E-state index in [4.69, 9.17) is 10.2 Å². The molecule has 0 saturated heterocycles. The zero-order valence-corrected chi connectivity index (χ0v) is 8.02. The summed E-state index contributed by atoms with van der Waals surface area (Å²) in [6, 6.07) is 6.43. The number of allylic oxidation sites excluding steroid dienone is 3. The molecule has 1 aromatic rings. The van der Waals surface area contributed by atoms with Crippen molar-refractivity contribution in [2.45, 2.75) is 12.3 Å². The monoisotopic (exact) mass is 206 g/mol. The third-order valence-electron chi connectivity index (χ3n) is 2.48. The molecule has 2 rings (SSSR count). The molecule has 3 heteroatoms. The van der Waals surface area contributed by atoms with Crippen molar-refractivity contribution < 1.29 is 14.6 Å². The molecule has 0 amide bonds. The van der Waals surface area contributed by atoms with Crippen LogP contribution in [-0.2, 0) is 0 Å². The molecule has 0 saturated carbocycles. The maximum Gasteiger partial charge on any atom is 0.115 e. The minimum absolute atomic E-state index is 0.0254. The fourth-order valence-electron chi connectivity index (χ4n) is 1.65. The van der Waals surface area contributed by atoms with Gasteiger partial charge in [0.25, 0.3) is 0 Å². The quantitative estimate of drug-likeness (QED) is 0.740. The number of aromatic hydroxyl groups is 1. The molecule has 1 aromatic carbocycles. The second-order valence-corrected chi connectivity index (χ2v) is 3.54. The predicted molar refractivity (Wildman–Crippen MR) is 55.4 cm³/mol. The van der Waals surface area contributed by atoms with E-state index in [-0.39, 0.29) is 23.3 Å². The molecule has 1 unspecified atom stereocenters. The molecule has 1 aliphatic carbocycles. The molecule has 2 N–H and O–H groups in total. The third kappa shape index (κ3) is 2.01. The lowest BCUT2D eigenvalue weighted by Gasteiger charge is -2.17. The summed E-state index contributed by atoms with van der Waals surface area (Å²) in [6.07, 6.45) is 3.15. The van der Waals surface area contributed by atoms with E-state index in [1.807, 2.05) is 0 Å². The summed E-state index contributed by atoms with van der Waals surface area (Å²) in [6.45, 7) is 0. The molecule has 15 heavy (non-hydrogen) atoms. The Kier molecular flexibility index (Phi) is 2.46. The van der Waals surface area contributed by atoms with E-state index in [0.29, 0.717) is 6.42 Å². The topological polar surface area (TPSA) is 40.5 Å². The lowest BCUT2D eigenvalue weighted by Crippen LogP contribution is -2.03. The van der Waals surface area contributed by atoms with E-state index in [2.05, 4.69) is 0 Å². The molecule has 1 atom stereocenters. The first-order valence-electron chi connectivity index (χ1n) is 4.72. The van der Waals surface area contributed by atoms with Crippen molar-refractivity contribution in [3.8, 4) is 5.75 Å². The molecule has 0 spiro atoms. The van der Waals surface area contributed by atoms with Gasteiger partial charge in [0.2, 0.25) is 0 Å². The van der Waals surface area contributed by atoms with Crippen LogP contribution >= 0.6 is 0 Å². The second-order valence-electron chi connectivity index (χ2n) is 3.54. The summed E-state index contributed by atoms with van der Waals surface area (Å²) in [5, 5.41) is 18.2. The van der Waals surface area contributed by atoms with Gasteiger partial charge in [-0.15, -0.1) is 0 Å². The van der Waals surface area contributed by atoms with Gasteiger partial charge in [0, 0.05) is 12.0 Å². The maximum absolute atomic E-state index is 13.5. The number of benzene rings is 1. The number of phenolic OH excluding ortho intramolecular Hbond substituents is 1. The lowest BCUT2D eigenvalue weighted by atomic mass is 9.91. The Hall–Kier alpha value is -1.77. The van der Waals surface area contributed by atoms with E-state index >= 15 is 0 Å². The van der Waals surface area contributed by atoms with Crippen LogP contribution in [0.1, 0.15) is 17.9 Å². The van der Waals surface area contributed by atoms with E-state index in [9.17, 15) is 4.39 Å². The van der Waals surface area contributed by atoms with Crippen molar-refractivity contribution >= 4 is 0 Å². The molecular weight excluding hydrogens is 195 g/mol. The highest BCUT2D eigenvalue weighted by Crippen LogP contribution is 2.33. The van der Waals surface area contributed by atoms with Crippen LogP contribution in [0, 0.1) is 0 Å². The van der Waals surface area contributed by atoms with Crippen LogP contribution in [0.25, 0.3) is 0 Å². The van der Waals surface area contributed by atoms with Crippen molar-refractivity contribution in [3.63, 3.8) is 0 Å². The van der Waals surface area contributed by atoms with Gasteiger partial charge in [-0.25, -0.2) is 4.39 Å². The van der Waals surface area contributed by atoms with Crippen molar-refractivity contribution in [3.05, 3.63) is 53.6 Å². The first-order valence-corrected chi connectivity index (χ1v) is 4.72. The molecular formula is C12H11FO2. The molecule has 0 aromatic heterocycles. The maximum atomic E-state index is 13.5. The molecule has 0 heterocycles. The zero-order valence-electron chi connectivity index (χ0n) is 8.02. The highest BCUT2D eigenvalue weighted by atomic mass is 19.1. The normalized spacial score (nSPS) is 20.7. The number of aliphatic hydroxyl groups is 1. The average molecular weight is 206 g/mol. The summed E-state index contributed by atoms with van der Waals surface area (Å²) < 4.78 is 13.5. The number of hydrogen-bond acceptors (Lipinski definition) is 2. The van der Waals surface area contributed by atoms with Gasteiger partial charge in [-0.3, -0.25) is 0 Å². The average Bonchev–Trinajstić information content (AvgIpc) is 2.20. The standard InChI is InChI=1S/C12H11FO2/c13-12-7-10(15)5-6-11(12)8-1-3-9(14)4-2-8/h1-5,7,11,14-15H,6H2. The second kappa shape index (κ2) is 3.77. The largest absolute Gasteiger partial charge is 0.508 e. The molecule has 0 fully saturated rings. The SMILES string of the molecule is OC1=CCC(c2ccc(O)cc2)C(F)=C1. The Labute approximate surface area is 87.0 Å². The van der Waals surface area contributed by atoms with Crippen molar-refractivity contribution in [2.24, 2.45) is 0 Å². The summed E-state index contributed by atoms with van der Waals surface area (Å²) in [5.41, 5.74) is 0.797. The van der Waals surface area contributed by atoms with Crippen molar-refractivity contribution in [1.82, 2.24) is 0 Å². The highest BCUT2D eigenvalue weighted by molar-refractivity contribution is 5.36. The number of hydrogen-bond donors (Lipinski definition) is 2. The van der Waals surface area contributed by atoms with Gasteiger partial charge in [0.15, 0.2) is 0 Å². The summed E-state index contributed by atoms with van der Waals surface area (Å²) >= 11 is 0. The van der Waals surface area contributed by atoms with Crippen molar-refractivity contribution in [1.29, 1.82) is 0 Å². The van der Waals surface area contributed by atoms with Crippen LogP contribution in [0.4, 0.5) is 4.39 Å². The smallest absolute Gasteiger partial charge is 0.115 e. The predicted octanol–water partition coefficient (Wildman–Crippen LogP) is 3.17. The van der Waals surface area contributed by atoms with E-state index in [1.165, 1.54) is 12.1 Å². The van der Waals surface area contributed by atoms with Crippen LogP contribution in [0.15, 0.2) is 48.0 Å². The number of rotatable bonds is 1. The van der Waals surface area contributed by atoms with Gasteiger partial charge >= 0.3 is 0 Å². The molecule has 0 radical (unpaired) electrons. The lowest BCUT2D eigenvalue weighted by molar-refractivity contribution is 0.411. The third-order valence-corrected chi connectivity index (χ3v) is 2.48. The fraction of sp³-hybridized carbons (Fsp3) is 0.167. The molecule has 1 aliphatic rings. The van der Waals surface area contributed by atoms with Gasteiger partial charge in [-0.1, -0.05) is 12.1 Å². The zero-order chi connectivity index (χ0) is 10.8. The van der Waals surface area contributed by atoms with Crippen LogP contribution in [0.3, 0.4) is 0 Å². The molecule has 0 aliphatic heterocycles.